The van der Waals surface area contributed by atoms with Gasteiger partial charge in [0.05, 0.1) is 25.9 Å². The molecule has 0 aromatic heterocycles. The van der Waals surface area contributed by atoms with Gasteiger partial charge < -0.3 is 15.2 Å². The van der Waals surface area contributed by atoms with Crippen LogP contribution in [0.1, 0.15) is 30.4 Å². The highest BCUT2D eigenvalue weighted by molar-refractivity contribution is 5.45. The van der Waals surface area contributed by atoms with E-state index in [4.69, 9.17) is 20.5 Å². The Morgan fingerprint density at radius 3 is 2.85 bits per heavy atom. The molecular formula is C16H22N2O2. The number of ether oxygens (including phenoxy) is 2. The maximum atomic E-state index is 8.94. The van der Waals surface area contributed by atoms with Crippen molar-refractivity contribution in [1.82, 2.24) is 0 Å². The number of rotatable bonds is 6. The van der Waals surface area contributed by atoms with Crippen LogP contribution in [0.25, 0.3) is 0 Å². The van der Waals surface area contributed by atoms with Crippen molar-refractivity contribution in [2.75, 3.05) is 20.3 Å². The summed E-state index contributed by atoms with van der Waals surface area (Å²) in [4.78, 5) is 0. The van der Waals surface area contributed by atoms with Crippen molar-refractivity contribution < 1.29 is 9.47 Å². The van der Waals surface area contributed by atoms with Crippen molar-refractivity contribution in [1.29, 1.82) is 5.26 Å². The Kier molecular flexibility index (Phi) is 5.40. The number of benzene rings is 1. The second-order valence-electron chi connectivity index (χ2n) is 5.35. The molecule has 2 N–H and O–H groups in total. The smallest absolute Gasteiger partial charge is 0.136 e. The number of hydrogen-bond acceptors (Lipinski definition) is 4. The maximum absolute atomic E-state index is 8.94. The first-order valence-corrected chi connectivity index (χ1v) is 7.13. The first-order chi connectivity index (χ1) is 9.78. The minimum absolute atomic E-state index is 0.551. The zero-order chi connectivity index (χ0) is 14.4. The van der Waals surface area contributed by atoms with Crippen LogP contribution in [0.4, 0.5) is 0 Å². The minimum atomic E-state index is 0.551. The Morgan fingerprint density at radius 2 is 2.15 bits per heavy atom. The maximum Gasteiger partial charge on any atom is 0.136 e. The molecule has 0 radical (unpaired) electrons. The molecule has 1 aliphatic rings. The van der Waals surface area contributed by atoms with E-state index in [9.17, 15) is 0 Å². The van der Waals surface area contributed by atoms with E-state index in [-0.39, 0.29) is 0 Å². The fourth-order valence-corrected chi connectivity index (χ4v) is 2.89. The van der Waals surface area contributed by atoms with Gasteiger partial charge in [-0.3, -0.25) is 0 Å². The molecule has 0 heterocycles. The first-order valence-electron chi connectivity index (χ1n) is 7.13. The van der Waals surface area contributed by atoms with E-state index in [1.54, 1.807) is 13.2 Å². The summed E-state index contributed by atoms with van der Waals surface area (Å²) in [6, 6.07) is 7.66. The van der Waals surface area contributed by atoms with Gasteiger partial charge in [0.1, 0.15) is 11.8 Å². The molecular weight excluding hydrogens is 252 g/mol. The van der Waals surface area contributed by atoms with E-state index in [0.29, 0.717) is 29.8 Å². The van der Waals surface area contributed by atoms with Gasteiger partial charge in [-0.15, -0.1) is 0 Å². The molecule has 108 valence electrons. The Balaban J connectivity index is 1.87. The van der Waals surface area contributed by atoms with Crippen molar-refractivity contribution in [2.45, 2.75) is 25.9 Å². The fourth-order valence-electron chi connectivity index (χ4n) is 2.89. The number of nitrogens with zero attached hydrogens (tertiary/aromatic N) is 1. The third-order valence-electron chi connectivity index (χ3n) is 4.11. The van der Waals surface area contributed by atoms with Crippen LogP contribution in [0.15, 0.2) is 18.2 Å². The molecule has 4 nitrogen and oxygen atoms in total. The second-order valence-corrected chi connectivity index (χ2v) is 5.35. The van der Waals surface area contributed by atoms with Gasteiger partial charge in [0.2, 0.25) is 0 Å². The largest absolute Gasteiger partial charge is 0.495 e. The summed E-state index contributed by atoms with van der Waals surface area (Å²) in [6.07, 6.45) is 3.72. The van der Waals surface area contributed by atoms with Gasteiger partial charge in [-0.05, 0) is 48.9 Å². The van der Waals surface area contributed by atoms with Crippen LogP contribution in [-0.4, -0.2) is 20.3 Å². The fraction of sp³-hybridized carbons (Fsp3) is 0.562. The lowest BCUT2D eigenvalue weighted by Gasteiger charge is -2.17. The molecule has 2 atom stereocenters. The molecule has 1 fully saturated rings. The van der Waals surface area contributed by atoms with Gasteiger partial charge in [0.15, 0.2) is 0 Å². The summed E-state index contributed by atoms with van der Waals surface area (Å²) in [5.41, 5.74) is 7.36. The number of nitriles is 1. The zero-order valence-corrected chi connectivity index (χ0v) is 12.0. The average molecular weight is 274 g/mol. The normalized spacial score (nSPS) is 21.6. The quantitative estimate of drug-likeness (QED) is 0.865. The van der Waals surface area contributed by atoms with Gasteiger partial charge >= 0.3 is 0 Å². The molecule has 20 heavy (non-hydrogen) atoms. The summed E-state index contributed by atoms with van der Waals surface area (Å²) in [6.45, 7) is 2.08. The van der Waals surface area contributed by atoms with Crippen LogP contribution in [0.3, 0.4) is 0 Å². The molecule has 0 amide bonds. The molecule has 2 rings (SSSR count). The molecule has 0 saturated heterocycles. The lowest BCUT2D eigenvalue weighted by molar-refractivity contribution is 0.0752. The highest BCUT2D eigenvalue weighted by Crippen LogP contribution is 2.31. The lowest BCUT2D eigenvalue weighted by Crippen LogP contribution is -2.22. The van der Waals surface area contributed by atoms with Gasteiger partial charge in [0, 0.05) is 0 Å². The Morgan fingerprint density at radius 1 is 1.35 bits per heavy atom. The molecule has 1 aliphatic carbocycles. The standard InChI is InChI=1S/C16H22N2O2/c1-19-16-7-12(5-6-14(16)9-18)10-20-11-15-4-2-3-13(15)8-17/h5-7,13,15H,2-4,8,10-11,17H2,1H3. The van der Waals surface area contributed by atoms with Crippen molar-refractivity contribution >= 4 is 0 Å². The van der Waals surface area contributed by atoms with Gasteiger partial charge in [0.25, 0.3) is 0 Å². The molecule has 1 saturated carbocycles. The van der Waals surface area contributed by atoms with Crippen LogP contribution in [0.5, 0.6) is 5.75 Å². The van der Waals surface area contributed by atoms with Crippen molar-refractivity contribution in [3.8, 4) is 11.8 Å². The van der Waals surface area contributed by atoms with Crippen LogP contribution >= 0.6 is 0 Å². The van der Waals surface area contributed by atoms with E-state index in [1.165, 1.54) is 19.3 Å². The Bertz CT molecular complexity index is 482. The topological polar surface area (TPSA) is 68.3 Å². The minimum Gasteiger partial charge on any atom is -0.495 e. The Labute approximate surface area is 120 Å². The highest BCUT2D eigenvalue weighted by Gasteiger charge is 2.25. The molecule has 0 bridgehead atoms. The highest BCUT2D eigenvalue weighted by atomic mass is 16.5. The lowest BCUT2D eigenvalue weighted by atomic mass is 9.97. The molecule has 0 aliphatic heterocycles. The van der Waals surface area contributed by atoms with Crippen molar-refractivity contribution in [3.63, 3.8) is 0 Å². The van der Waals surface area contributed by atoms with Crippen LogP contribution < -0.4 is 10.5 Å². The van der Waals surface area contributed by atoms with E-state index in [2.05, 4.69) is 6.07 Å². The van der Waals surface area contributed by atoms with E-state index in [0.717, 1.165) is 18.7 Å². The molecule has 1 aromatic rings. The molecule has 4 heteroatoms. The SMILES string of the molecule is COc1cc(COCC2CCCC2CN)ccc1C#N. The van der Waals surface area contributed by atoms with E-state index >= 15 is 0 Å². The zero-order valence-electron chi connectivity index (χ0n) is 12.0. The van der Waals surface area contributed by atoms with Gasteiger partial charge in [-0.2, -0.15) is 5.26 Å². The van der Waals surface area contributed by atoms with Gasteiger partial charge in [-0.25, -0.2) is 0 Å². The molecule has 0 spiro atoms. The predicted octanol–water partition coefficient (Wildman–Crippen LogP) is 2.46. The summed E-state index contributed by atoms with van der Waals surface area (Å²) in [5.74, 6) is 1.82. The third-order valence-corrected chi connectivity index (χ3v) is 4.11. The number of methoxy groups -OCH3 is 1. The Hall–Kier alpha value is -1.57. The van der Waals surface area contributed by atoms with Crippen molar-refractivity contribution in [2.24, 2.45) is 17.6 Å². The third kappa shape index (κ3) is 3.50. The van der Waals surface area contributed by atoms with Crippen LogP contribution in [0.2, 0.25) is 0 Å². The van der Waals surface area contributed by atoms with Gasteiger partial charge in [-0.1, -0.05) is 12.5 Å². The summed E-state index contributed by atoms with van der Waals surface area (Å²) >= 11 is 0. The van der Waals surface area contributed by atoms with Crippen LogP contribution in [-0.2, 0) is 11.3 Å². The monoisotopic (exact) mass is 274 g/mol. The second kappa shape index (κ2) is 7.28. The molecule has 2 unspecified atom stereocenters. The summed E-state index contributed by atoms with van der Waals surface area (Å²) in [7, 11) is 1.57. The summed E-state index contributed by atoms with van der Waals surface area (Å²) in [5, 5.41) is 8.94. The first kappa shape index (κ1) is 14.8. The average Bonchev–Trinajstić information content (AvgIpc) is 2.94. The summed E-state index contributed by atoms with van der Waals surface area (Å²) < 4.78 is 11.0. The number of hydrogen-bond donors (Lipinski definition) is 1. The van der Waals surface area contributed by atoms with Crippen molar-refractivity contribution in [3.05, 3.63) is 29.3 Å². The number of nitrogens with two attached hydrogens (primary N) is 1. The predicted molar refractivity (Wildman–Crippen MR) is 77.3 cm³/mol. The van der Waals surface area contributed by atoms with E-state index < -0.39 is 0 Å². The van der Waals surface area contributed by atoms with E-state index in [1.807, 2.05) is 12.1 Å². The molecule has 1 aromatic carbocycles. The van der Waals surface area contributed by atoms with Crippen LogP contribution in [0, 0.1) is 23.2 Å².